The van der Waals surface area contributed by atoms with Gasteiger partial charge in [0.2, 0.25) is 11.8 Å². The first-order valence-electron chi connectivity index (χ1n) is 9.89. The minimum absolute atomic E-state index is 0. The van der Waals surface area contributed by atoms with Crippen LogP contribution in [-0.4, -0.2) is 37.5 Å². The monoisotopic (exact) mass is 393 g/mol. The lowest BCUT2D eigenvalue weighted by molar-refractivity contribution is -0.135. The van der Waals surface area contributed by atoms with Gasteiger partial charge in [0.25, 0.3) is 0 Å². The number of fused-ring (bicyclic) bond motifs is 1. The van der Waals surface area contributed by atoms with Gasteiger partial charge < -0.3 is 15.5 Å². The summed E-state index contributed by atoms with van der Waals surface area (Å²) in [6, 6.07) is 8.53. The van der Waals surface area contributed by atoms with Crippen LogP contribution in [0.3, 0.4) is 0 Å². The first-order chi connectivity index (χ1) is 12.5. The van der Waals surface area contributed by atoms with Crippen LogP contribution in [0.1, 0.15) is 45.1 Å². The Balaban J connectivity index is 0.00000261. The maximum Gasteiger partial charge on any atom is 0.231 e. The molecule has 1 aliphatic carbocycles. The zero-order valence-electron chi connectivity index (χ0n) is 16.5. The fourth-order valence-electron chi connectivity index (χ4n) is 4.31. The number of carbonyl (C=O) groups excluding carboxylic acids is 2. The highest BCUT2D eigenvalue weighted by atomic mass is 35.5. The van der Waals surface area contributed by atoms with Crippen molar-refractivity contribution in [1.29, 1.82) is 0 Å². The van der Waals surface area contributed by atoms with Gasteiger partial charge in [0.15, 0.2) is 0 Å². The van der Waals surface area contributed by atoms with E-state index >= 15 is 0 Å². The van der Waals surface area contributed by atoms with E-state index in [1.54, 1.807) is 0 Å². The van der Waals surface area contributed by atoms with Gasteiger partial charge >= 0.3 is 0 Å². The van der Waals surface area contributed by atoms with Crippen LogP contribution in [-0.2, 0) is 16.0 Å². The van der Waals surface area contributed by atoms with Gasteiger partial charge in [-0.3, -0.25) is 9.59 Å². The van der Waals surface area contributed by atoms with Crippen LogP contribution in [0.15, 0.2) is 24.3 Å². The number of para-hydroxylation sites is 1. The summed E-state index contributed by atoms with van der Waals surface area (Å²) in [5.41, 5.74) is 2.26. The third-order valence-corrected chi connectivity index (χ3v) is 5.94. The molecule has 5 nitrogen and oxygen atoms in total. The molecule has 4 unspecified atom stereocenters. The Bertz CT molecular complexity index is 667. The van der Waals surface area contributed by atoms with Gasteiger partial charge in [0.1, 0.15) is 0 Å². The molecule has 3 rings (SSSR count). The number of halogens is 1. The molecule has 0 aromatic heterocycles. The summed E-state index contributed by atoms with van der Waals surface area (Å²) >= 11 is 0. The molecule has 4 atom stereocenters. The number of nitrogens with one attached hydrogen (secondary N) is 2. The highest BCUT2D eigenvalue weighted by molar-refractivity contribution is 6.00. The van der Waals surface area contributed by atoms with E-state index in [0.29, 0.717) is 6.54 Å². The molecule has 0 radical (unpaired) electrons. The third-order valence-electron chi connectivity index (χ3n) is 5.94. The molecule has 2 amide bonds. The Morgan fingerprint density at radius 3 is 2.56 bits per heavy atom. The third kappa shape index (κ3) is 4.64. The molecule has 1 aliphatic heterocycles. The fourth-order valence-corrected chi connectivity index (χ4v) is 4.31. The van der Waals surface area contributed by atoms with E-state index in [-0.39, 0.29) is 48.1 Å². The second-order valence-corrected chi connectivity index (χ2v) is 7.82. The number of anilines is 1. The van der Waals surface area contributed by atoms with E-state index in [1.807, 2.05) is 37.1 Å². The summed E-state index contributed by atoms with van der Waals surface area (Å²) in [4.78, 5) is 28.1. The SMILES string of the molecule is CNC(C)CNC(=O)C1CCCCC1C(=O)N1c2ccccc2CC1C.Cl. The number of likely N-dealkylation sites (N-methyl/N-ethyl adjacent to an activating group) is 1. The predicted octanol–water partition coefficient (Wildman–Crippen LogP) is 2.92. The summed E-state index contributed by atoms with van der Waals surface area (Å²) < 4.78 is 0. The quantitative estimate of drug-likeness (QED) is 0.808. The second-order valence-electron chi connectivity index (χ2n) is 7.82. The number of nitrogens with zero attached hydrogens (tertiary/aromatic N) is 1. The first kappa shape index (κ1) is 21.7. The summed E-state index contributed by atoms with van der Waals surface area (Å²) in [5, 5.41) is 6.17. The fraction of sp³-hybridized carbons (Fsp3) is 0.619. The number of carbonyl (C=O) groups is 2. The Kier molecular flexibility index (Phi) is 7.68. The Labute approximate surface area is 168 Å². The van der Waals surface area contributed by atoms with Crippen LogP contribution >= 0.6 is 12.4 Å². The highest BCUT2D eigenvalue weighted by Gasteiger charge is 2.41. The summed E-state index contributed by atoms with van der Waals surface area (Å²) in [5.74, 6) is -0.253. The Hall–Kier alpha value is -1.59. The number of amides is 2. The molecule has 0 bridgehead atoms. The predicted molar refractivity (Wildman–Crippen MR) is 111 cm³/mol. The number of hydrogen-bond donors (Lipinski definition) is 2. The van der Waals surface area contributed by atoms with Crippen molar-refractivity contribution in [1.82, 2.24) is 10.6 Å². The maximum atomic E-state index is 13.4. The molecule has 1 aromatic rings. The van der Waals surface area contributed by atoms with E-state index in [9.17, 15) is 9.59 Å². The lowest BCUT2D eigenvalue weighted by atomic mass is 9.77. The van der Waals surface area contributed by atoms with E-state index in [1.165, 1.54) is 5.56 Å². The minimum Gasteiger partial charge on any atom is -0.354 e. The molecule has 27 heavy (non-hydrogen) atoms. The maximum absolute atomic E-state index is 13.4. The molecule has 2 aliphatic rings. The van der Waals surface area contributed by atoms with Gasteiger partial charge in [-0.2, -0.15) is 0 Å². The van der Waals surface area contributed by atoms with Crippen molar-refractivity contribution in [2.24, 2.45) is 11.8 Å². The zero-order valence-corrected chi connectivity index (χ0v) is 17.3. The van der Waals surface area contributed by atoms with Crippen molar-refractivity contribution in [3.63, 3.8) is 0 Å². The van der Waals surface area contributed by atoms with Gasteiger partial charge in [-0.05, 0) is 51.8 Å². The summed E-state index contributed by atoms with van der Waals surface area (Å²) in [6.45, 7) is 4.73. The standard InChI is InChI=1S/C21H31N3O2.ClH/c1-14(22-3)13-23-20(25)17-9-5-6-10-18(17)21(26)24-15(2)12-16-8-4-7-11-19(16)24;/h4,7-8,11,14-15,17-18,22H,5-6,9-10,12-13H2,1-3H3,(H,23,25);1H. The minimum atomic E-state index is -0.208. The van der Waals surface area contributed by atoms with E-state index in [4.69, 9.17) is 0 Å². The van der Waals surface area contributed by atoms with Crippen molar-refractivity contribution >= 4 is 29.9 Å². The van der Waals surface area contributed by atoms with Crippen molar-refractivity contribution < 1.29 is 9.59 Å². The van der Waals surface area contributed by atoms with Crippen molar-refractivity contribution in [3.05, 3.63) is 29.8 Å². The van der Waals surface area contributed by atoms with Crippen LogP contribution in [0.2, 0.25) is 0 Å². The number of benzene rings is 1. The average Bonchev–Trinajstić information content (AvgIpc) is 3.00. The molecule has 150 valence electrons. The van der Waals surface area contributed by atoms with Crippen LogP contribution in [0.5, 0.6) is 0 Å². The molecule has 0 saturated heterocycles. The average molecular weight is 394 g/mol. The van der Waals surface area contributed by atoms with Crippen LogP contribution in [0.25, 0.3) is 0 Å². The van der Waals surface area contributed by atoms with Gasteiger partial charge in [-0.1, -0.05) is 31.0 Å². The molecule has 0 spiro atoms. The normalized spacial score (nSPS) is 25.3. The Morgan fingerprint density at radius 1 is 1.19 bits per heavy atom. The lowest BCUT2D eigenvalue weighted by Crippen LogP contribution is -2.48. The molecule has 1 aromatic carbocycles. The van der Waals surface area contributed by atoms with E-state index in [2.05, 4.69) is 23.6 Å². The van der Waals surface area contributed by atoms with Gasteiger partial charge in [-0.15, -0.1) is 12.4 Å². The summed E-state index contributed by atoms with van der Waals surface area (Å²) in [7, 11) is 1.88. The molecule has 2 N–H and O–H groups in total. The largest absolute Gasteiger partial charge is 0.354 e. The molecular formula is C21H32ClN3O2. The lowest BCUT2D eigenvalue weighted by Gasteiger charge is -2.34. The molecule has 6 heteroatoms. The number of rotatable bonds is 5. The topological polar surface area (TPSA) is 61.4 Å². The number of hydrogen-bond acceptors (Lipinski definition) is 3. The molecular weight excluding hydrogens is 362 g/mol. The first-order valence-corrected chi connectivity index (χ1v) is 9.89. The van der Waals surface area contributed by atoms with Gasteiger partial charge in [0, 0.05) is 30.2 Å². The molecule has 1 saturated carbocycles. The molecule has 1 heterocycles. The highest BCUT2D eigenvalue weighted by Crippen LogP contribution is 2.38. The van der Waals surface area contributed by atoms with E-state index in [0.717, 1.165) is 37.8 Å². The van der Waals surface area contributed by atoms with E-state index < -0.39 is 0 Å². The van der Waals surface area contributed by atoms with Gasteiger partial charge in [-0.25, -0.2) is 0 Å². The van der Waals surface area contributed by atoms with Crippen molar-refractivity contribution in [2.75, 3.05) is 18.5 Å². The Morgan fingerprint density at radius 2 is 1.85 bits per heavy atom. The smallest absolute Gasteiger partial charge is 0.231 e. The second kappa shape index (κ2) is 9.56. The zero-order chi connectivity index (χ0) is 18.7. The van der Waals surface area contributed by atoms with Crippen LogP contribution < -0.4 is 15.5 Å². The van der Waals surface area contributed by atoms with Crippen molar-refractivity contribution in [2.45, 2.75) is 58.0 Å². The summed E-state index contributed by atoms with van der Waals surface area (Å²) in [6.07, 6.45) is 4.56. The van der Waals surface area contributed by atoms with Gasteiger partial charge in [0.05, 0.1) is 5.92 Å². The van der Waals surface area contributed by atoms with Crippen molar-refractivity contribution in [3.8, 4) is 0 Å². The molecule has 1 fully saturated rings. The van der Waals surface area contributed by atoms with Crippen LogP contribution in [0, 0.1) is 11.8 Å². The van der Waals surface area contributed by atoms with Crippen LogP contribution in [0.4, 0.5) is 5.69 Å².